The Labute approximate surface area is 106 Å². The maximum Gasteiger partial charge on any atom is 0.187 e. The van der Waals surface area contributed by atoms with Gasteiger partial charge in [0.15, 0.2) is 17.4 Å². The van der Waals surface area contributed by atoms with E-state index in [-0.39, 0.29) is 17.8 Å². The van der Waals surface area contributed by atoms with Gasteiger partial charge in [0.25, 0.3) is 0 Å². The SMILES string of the molecule is Oc1c(F)cc(CNc2cc(F)cc(F)c2)cc1F. The lowest BCUT2D eigenvalue weighted by atomic mass is 10.2. The van der Waals surface area contributed by atoms with E-state index in [4.69, 9.17) is 5.11 Å². The van der Waals surface area contributed by atoms with Crippen LogP contribution in [-0.2, 0) is 6.54 Å². The molecule has 0 amide bonds. The summed E-state index contributed by atoms with van der Waals surface area (Å²) in [5.74, 6) is -4.76. The fraction of sp³-hybridized carbons (Fsp3) is 0.0769. The van der Waals surface area contributed by atoms with E-state index in [0.717, 1.165) is 24.3 Å². The quantitative estimate of drug-likeness (QED) is 0.836. The molecule has 6 heteroatoms. The van der Waals surface area contributed by atoms with Gasteiger partial charge in [0, 0.05) is 18.3 Å². The minimum Gasteiger partial charge on any atom is -0.503 e. The second-order valence-electron chi connectivity index (χ2n) is 3.92. The molecule has 0 radical (unpaired) electrons. The van der Waals surface area contributed by atoms with Crippen LogP contribution in [0.15, 0.2) is 30.3 Å². The summed E-state index contributed by atoms with van der Waals surface area (Å²) in [6.07, 6.45) is 0. The van der Waals surface area contributed by atoms with Gasteiger partial charge in [-0.1, -0.05) is 0 Å². The molecule has 2 aromatic rings. The molecule has 0 aromatic heterocycles. The van der Waals surface area contributed by atoms with Crippen molar-refractivity contribution in [3.8, 4) is 5.75 Å². The third-order valence-corrected chi connectivity index (χ3v) is 2.44. The van der Waals surface area contributed by atoms with E-state index in [1.807, 2.05) is 0 Å². The molecule has 2 N–H and O–H groups in total. The molecule has 2 aromatic carbocycles. The lowest BCUT2D eigenvalue weighted by Crippen LogP contribution is -2.01. The Morgan fingerprint density at radius 3 is 1.89 bits per heavy atom. The van der Waals surface area contributed by atoms with Crippen LogP contribution in [-0.4, -0.2) is 5.11 Å². The summed E-state index contributed by atoms with van der Waals surface area (Å²) in [7, 11) is 0. The van der Waals surface area contributed by atoms with E-state index < -0.39 is 29.0 Å². The first-order chi connectivity index (χ1) is 8.95. The minimum absolute atomic E-state index is 0.0446. The van der Waals surface area contributed by atoms with Crippen LogP contribution >= 0.6 is 0 Å². The standard InChI is InChI=1S/C13H9F4NO/c14-8-3-9(15)5-10(4-8)18-6-7-1-11(16)13(19)12(17)2-7/h1-5,18-19H,6H2. The number of halogens is 4. The highest BCUT2D eigenvalue weighted by atomic mass is 19.1. The van der Waals surface area contributed by atoms with Gasteiger partial charge < -0.3 is 10.4 Å². The van der Waals surface area contributed by atoms with Crippen molar-refractivity contribution in [1.29, 1.82) is 0 Å². The van der Waals surface area contributed by atoms with E-state index in [0.29, 0.717) is 6.07 Å². The number of phenols is 1. The van der Waals surface area contributed by atoms with Crippen LogP contribution in [0.25, 0.3) is 0 Å². The second-order valence-corrected chi connectivity index (χ2v) is 3.92. The highest BCUT2D eigenvalue weighted by Crippen LogP contribution is 2.22. The topological polar surface area (TPSA) is 32.3 Å². The molecule has 2 rings (SSSR count). The van der Waals surface area contributed by atoms with Crippen LogP contribution in [0.4, 0.5) is 23.2 Å². The molecule has 0 aliphatic heterocycles. The summed E-state index contributed by atoms with van der Waals surface area (Å²) >= 11 is 0. The second kappa shape index (κ2) is 5.17. The predicted molar refractivity (Wildman–Crippen MR) is 61.7 cm³/mol. The molecule has 0 aliphatic rings. The van der Waals surface area contributed by atoms with Crippen molar-refractivity contribution in [2.45, 2.75) is 6.54 Å². The Bertz CT molecular complexity index is 572. The Morgan fingerprint density at radius 1 is 0.842 bits per heavy atom. The van der Waals surface area contributed by atoms with Gasteiger partial charge in [0.2, 0.25) is 0 Å². The first-order valence-electron chi connectivity index (χ1n) is 5.32. The number of hydrogen-bond donors (Lipinski definition) is 2. The van der Waals surface area contributed by atoms with E-state index in [1.54, 1.807) is 0 Å². The van der Waals surface area contributed by atoms with Gasteiger partial charge in [-0.3, -0.25) is 0 Å². The van der Waals surface area contributed by atoms with Crippen LogP contribution in [0.5, 0.6) is 5.75 Å². The zero-order chi connectivity index (χ0) is 14.0. The van der Waals surface area contributed by atoms with Gasteiger partial charge >= 0.3 is 0 Å². The zero-order valence-corrected chi connectivity index (χ0v) is 9.55. The molecule has 0 atom stereocenters. The highest BCUT2D eigenvalue weighted by molar-refractivity contribution is 5.44. The normalized spacial score (nSPS) is 10.5. The summed E-state index contributed by atoms with van der Waals surface area (Å²) < 4.78 is 51.9. The van der Waals surface area contributed by atoms with Crippen LogP contribution < -0.4 is 5.32 Å². The minimum atomic E-state index is -1.10. The molecule has 0 saturated carbocycles. The molecule has 0 saturated heterocycles. The molecule has 0 spiro atoms. The molecular formula is C13H9F4NO. The fourth-order valence-corrected chi connectivity index (χ4v) is 1.58. The first-order valence-corrected chi connectivity index (χ1v) is 5.32. The van der Waals surface area contributed by atoms with Crippen molar-refractivity contribution in [1.82, 2.24) is 0 Å². The van der Waals surface area contributed by atoms with Gasteiger partial charge in [-0.25, -0.2) is 17.6 Å². The maximum atomic E-state index is 13.1. The molecular weight excluding hydrogens is 262 g/mol. The highest BCUT2D eigenvalue weighted by Gasteiger charge is 2.09. The zero-order valence-electron chi connectivity index (χ0n) is 9.55. The van der Waals surface area contributed by atoms with Crippen molar-refractivity contribution in [3.05, 3.63) is 59.2 Å². The number of aromatic hydroxyl groups is 1. The molecule has 100 valence electrons. The van der Waals surface area contributed by atoms with E-state index in [2.05, 4.69) is 5.32 Å². The van der Waals surface area contributed by atoms with Gasteiger partial charge in [-0.2, -0.15) is 0 Å². The summed E-state index contributed by atoms with van der Waals surface area (Å²) in [6, 6.07) is 4.68. The lowest BCUT2D eigenvalue weighted by Gasteiger charge is -2.08. The van der Waals surface area contributed by atoms with Crippen LogP contribution in [0, 0.1) is 23.3 Å². The largest absolute Gasteiger partial charge is 0.503 e. The third-order valence-electron chi connectivity index (χ3n) is 2.44. The Kier molecular flexibility index (Phi) is 3.59. The third kappa shape index (κ3) is 3.15. The number of benzene rings is 2. The van der Waals surface area contributed by atoms with Crippen molar-refractivity contribution in [3.63, 3.8) is 0 Å². The smallest absolute Gasteiger partial charge is 0.187 e. The Balaban J connectivity index is 2.14. The average molecular weight is 271 g/mol. The fourth-order valence-electron chi connectivity index (χ4n) is 1.58. The van der Waals surface area contributed by atoms with Crippen molar-refractivity contribution in [2.24, 2.45) is 0 Å². The maximum absolute atomic E-state index is 13.1. The van der Waals surface area contributed by atoms with Gasteiger partial charge in [-0.15, -0.1) is 0 Å². The summed E-state index contributed by atoms with van der Waals surface area (Å²) in [4.78, 5) is 0. The molecule has 0 fully saturated rings. The number of hydrogen-bond acceptors (Lipinski definition) is 2. The number of phenolic OH excluding ortho intramolecular Hbond substituents is 1. The average Bonchev–Trinajstić information content (AvgIpc) is 2.32. The molecule has 0 heterocycles. The summed E-state index contributed by atoms with van der Waals surface area (Å²) in [5.41, 5.74) is 0.337. The van der Waals surface area contributed by atoms with Crippen molar-refractivity contribution in [2.75, 3.05) is 5.32 Å². The number of nitrogens with one attached hydrogen (secondary N) is 1. The summed E-state index contributed by atoms with van der Waals surface area (Å²) in [5, 5.41) is 11.5. The van der Waals surface area contributed by atoms with Crippen LogP contribution in [0.3, 0.4) is 0 Å². The predicted octanol–water partition coefficient (Wildman–Crippen LogP) is 3.56. The van der Waals surface area contributed by atoms with Gasteiger partial charge in [0.05, 0.1) is 0 Å². The van der Waals surface area contributed by atoms with Crippen molar-refractivity contribution < 1.29 is 22.7 Å². The summed E-state index contributed by atoms with van der Waals surface area (Å²) in [6.45, 7) is -0.0446. The van der Waals surface area contributed by atoms with E-state index >= 15 is 0 Å². The molecule has 2 nitrogen and oxygen atoms in total. The molecule has 0 aliphatic carbocycles. The first kappa shape index (κ1) is 13.2. The van der Waals surface area contributed by atoms with E-state index in [9.17, 15) is 17.6 Å². The van der Waals surface area contributed by atoms with Gasteiger partial charge in [0.1, 0.15) is 11.6 Å². The molecule has 0 bridgehead atoms. The monoisotopic (exact) mass is 271 g/mol. The lowest BCUT2D eigenvalue weighted by molar-refractivity contribution is 0.395. The van der Waals surface area contributed by atoms with E-state index in [1.165, 1.54) is 0 Å². The number of rotatable bonds is 3. The molecule has 0 unspecified atom stereocenters. The number of anilines is 1. The van der Waals surface area contributed by atoms with Crippen LogP contribution in [0.2, 0.25) is 0 Å². The van der Waals surface area contributed by atoms with Crippen molar-refractivity contribution >= 4 is 5.69 Å². The van der Waals surface area contributed by atoms with Crippen LogP contribution in [0.1, 0.15) is 5.56 Å². The Hall–Kier alpha value is -2.24. The molecule has 19 heavy (non-hydrogen) atoms. The Morgan fingerprint density at radius 2 is 1.37 bits per heavy atom. The van der Waals surface area contributed by atoms with Gasteiger partial charge in [-0.05, 0) is 29.8 Å².